The summed E-state index contributed by atoms with van der Waals surface area (Å²) in [5, 5.41) is 3.66. The van der Waals surface area contributed by atoms with Crippen molar-refractivity contribution in [3.05, 3.63) is 52.3 Å². The second kappa shape index (κ2) is 7.61. The minimum Gasteiger partial charge on any atom is -0.376 e. The van der Waals surface area contributed by atoms with Crippen LogP contribution in [0.5, 0.6) is 0 Å². The predicted octanol–water partition coefficient (Wildman–Crippen LogP) is 2.40. The van der Waals surface area contributed by atoms with Crippen molar-refractivity contribution in [2.75, 3.05) is 13.2 Å². The van der Waals surface area contributed by atoms with Gasteiger partial charge in [-0.2, -0.15) is 18.3 Å². The molecular weight excluding hydrogens is 383 g/mol. The maximum atomic E-state index is 13.1. The van der Waals surface area contributed by atoms with Crippen molar-refractivity contribution in [2.45, 2.75) is 38.4 Å². The van der Waals surface area contributed by atoms with Gasteiger partial charge in [0.1, 0.15) is 0 Å². The van der Waals surface area contributed by atoms with Crippen LogP contribution in [0, 0.1) is 6.92 Å². The smallest absolute Gasteiger partial charge is 0.376 e. The summed E-state index contributed by atoms with van der Waals surface area (Å²) in [4.78, 5) is 0. The SMILES string of the molecule is Cc1cccc(CS(=O)(=O)NCCn2nc(C(F)(F)F)c3c2CCOC3)c1. The molecular formula is C17H20F3N3O3S. The van der Waals surface area contributed by atoms with Gasteiger partial charge in [-0.3, -0.25) is 4.68 Å². The molecule has 6 nitrogen and oxygen atoms in total. The summed E-state index contributed by atoms with van der Waals surface area (Å²) in [5.74, 6) is -0.187. The van der Waals surface area contributed by atoms with Crippen molar-refractivity contribution in [1.29, 1.82) is 0 Å². The van der Waals surface area contributed by atoms with Gasteiger partial charge in [-0.25, -0.2) is 13.1 Å². The van der Waals surface area contributed by atoms with Gasteiger partial charge in [-0.15, -0.1) is 0 Å². The lowest BCUT2D eigenvalue weighted by atomic mass is 10.1. The van der Waals surface area contributed by atoms with Crippen LogP contribution >= 0.6 is 0 Å². The summed E-state index contributed by atoms with van der Waals surface area (Å²) < 4.78 is 72.6. The zero-order valence-electron chi connectivity index (χ0n) is 14.7. The number of hydrogen-bond acceptors (Lipinski definition) is 4. The number of benzene rings is 1. The van der Waals surface area contributed by atoms with Crippen LogP contribution in [0.1, 0.15) is 28.1 Å². The van der Waals surface area contributed by atoms with E-state index in [2.05, 4.69) is 9.82 Å². The van der Waals surface area contributed by atoms with E-state index in [1.165, 1.54) is 4.68 Å². The first kappa shape index (κ1) is 19.8. The summed E-state index contributed by atoms with van der Waals surface area (Å²) in [5.41, 5.74) is 1.13. The van der Waals surface area contributed by atoms with Crippen molar-refractivity contribution in [1.82, 2.24) is 14.5 Å². The first-order valence-corrected chi connectivity index (χ1v) is 10.1. The second-order valence-corrected chi connectivity index (χ2v) is 8.25. The number of nitrogens with one attached hydrogen (secondary N) is 1. The van der Waals surface area contributed by atoms with Gasteiger partial charge in [0.25, 0.3) is 0 Å². The maximum absolute atomic E-state index is 13.1. The Morgan fingerprint density at radius 3 is 2.81 bits per heavy atom. The van der Waals surface area contributed by atoms with E-state index in [1.807, 2.05) is 13.0 Å². The zero-order valence-corrected chi connectivity index (χ0v) is 15.5. The average molecular weight is 403 g/mol. The normalized spacial score (nSPS) is 15.0. The minimum absolute atomic E-state index is 0.0193. The molecule has 3 rings (SSSR count). The van der Waals surface area contributed by atoms with E-state index in [9.17, 15) is 21.6 Å². The van der Waals surface area contributed by atoms with Gasteiger partial charge in [-0.05, 0) is 12.5 Å². The number of fused-ring (bicyclic) bond motifs is 1. The fraction of sp³-hybridized carbons (Fsp3) is 0.471. The van der Waals surface area contributed by atoms with Crippen LogP contribution in [0.3, 0.4) is 0 Å². The molecule has 1 aliphatic rings. The molecule has 148 valence electrons. The van der Waals surface area contributed by atoms with Gasteiger partial charge >= 0.3 is 6.18 Å². The largest absolute Gasteiger partial charge is 0.435 e. The molecule has 27 heavy (non-hydrogen) atoms. The maximum Gasteiger partial charge on any atom is 0.435 e. The summed E-state index contributed by atoms with van der Waals surface area (Å²) in [6, 6.07) is 7.13. The molecule has 1 aromatic heterocycles. The Hall–Kier alpha value is -1.91. The van der Waals surface area contributed by atoms with Gasteiger partial charge in [0.15, 0.2) is 5.69 Å². The van der Waals surface area contributed by atoms with Crippen LogP contribution in [0.4, 0.5) is 13.2 Å². The molecule has 1 aliphatic heterocycles. The van der Waals surface area contributed by atoms with Crippen LogP contribution in [0.15, 0.2) is 24.3 Å². The molecule has 0 unspecified atom stereocenters. The number of aromatic nitrogens is 2. The molecule has 2 aromatic rings. The first-order valence-electron chi connectivity index (χ1n) is 8.42. The van der Waals surface area contributed by atoms with E-state index in [0.29, 0.717) is 24.3 Å². The Bertz CT molecular complexity index is 923. The molecule has 2 heterocycles. The van der Waals surface area contributed by atoms with Crippen molar-refractivity contribution in [3.63, 3.8) is 0 Å². The molecule has 0 amide bonds. The Morgan fingerprint density at radius 2 is 2.11 bits per heavy atom. The minimum atomic E-state index is -4.57. The monoisotopic (exact) mass is 403 g/mol. The van der Waals surface area contributed by atoms with Gasteiger partial charge in [0.2, 0.25) is 10.0 Å². The van der Waals surface area contributed by atoms with Crippen LogP contribution in [-0.4, -0.2) is 31.3 Å². The summed E-state index contributed by atoms with van der Waals surface area (Å²) in [7, 11) is -3.60. The van der Waals surface area contributed by atoms with Crippen molar-refractivity contribution in [3.8, 4) is 0 Å². The molecule has 0 saturated carbocycles. The third-order valence-electron chi connectivity index (χ3n) is 4.25. The molecule has 0 saturated heterocycles. The fourth-order valence-electron chi connectivity index (χ4n) is 3.10. The molecule has 0 bridgehead atoms. The Morgan fingerprint density at radius 1 is 1.33 bits per heavy atom. The lowest BCUT2D eigenvalue weighted by Crippen LogP contribution is -2.29. The van der Waals surface area contributed by atoms with Gasteiger partial charge in [-0.1, -0.05) is 29.8 Å². The third-order valence-corrected chi connectivity index (χ3v) is 5.61. The van der Waals surface area contributed by atoms with Crippen molar-refractivity contribution >= 4 is 10.0 Å². The summed E-state index contributed by atoms with van der Waals surface area (Å²) in [6.07, 6.45) is -4.25. The predicted molar refractivity (Wildman–Crippen MR) is 92.4 cm³/mol. The van der Waals surface area contributed by atoms with E-state index < -0.39 is 21.9 Å². The van der Waals surface area contributed by atoms with Crippen LogP contribution in [0.25, 0.3) is 0 Å². The number of aryl methyl sites for hydroxylation is 1. The van der Waals surface area contributed by atoms with E-state index in [1.54, 1.807) is 18.2 Å². The average Bonchev–Trinajstić information content (AvgIpc) is 2.93. The zero-order chi connectivity index (χ0) is 19.7. The second-order valence-electron chi connectivity index (χ2n) is 6.44. The highest BCUT2D eigenvalue weighted by Gasteiger charge is 2.39. The lowest BCUT2D eigenvalue weighted by Gasteiger charge is -2.15. The molecule has 0 spiro atoms. The molecule has 10 heteroatoms. The van der Waals surface area contributed by atoms with Crippen LogP contribution < -0.4 is 4.72 Å². The highest BCUT2D eigenvalue weighted by atomic mass is 32.2. The standard InChI is InChI=1S/C17H20F3N3O3S/c1-12-3-2-4-13(9-12)11-27(24,25)21-6-7-23-15-5-8-26-10-14(15)16(22-23)17(18,19)20/h2-4,9,21H,5-8,10-11H2,1H3. The van der Waals surface area contributed by atoms with Crippen molar-refractivity contribution < 1.29 is 26.3 Å². The molecule has 1 N–H and O–H groups in total. The van der Waals surface area contributed by atoms with Gasteiger partial charge < -0.3 is 4.74 Å². The number of rotatable bonds is 6. The molecule has 0 aliphatic carbocycles. The molecule has 0 fully saturated rings. The van der Waals surface area contributed by atoms with Crippen LogP contribution in [-0.2, 0) is 46.3 Å². The Labute approximate surface area is 155 Å². The van der Waals surface area contributed by atoms with Crippen LogP contribution in [0.2, 0.25) is 0 Å². The summed E-state index contributed by atoms with van der Waals surface area (Å²) >= 11 is 0. The quantitative estimate of drug-likeness (QED) is 0.804. The van der Waals surface area contributed by atoms with Crippen molar-refractivity contribution in [2.24, 2.45) is 0 Å². The highest BCUT2D eigenvalue weighted by molar-refractivity contribution is 7.88. The number of alkyl halides is 3. The molecule has 0 atom stereocenters. The fourth-order valence-corrected chi connectivity index (χ4v) is 4.22. The Kier molecular flexibility index (Phi) is 5.59. The summed E-state index contributed by atoms with van der Waals surface area (Å²) in [6.45, 7) is 2.02. The third kappa shape index (κ3) is 4.88. The number of halogens is 3. The topological polar surface area (TPSA) is 73.2 Å². The first-order chi connectivity index (χ1) is 12.7. The van der Waals surface area contributed by atoms with Gasteiger partial charge in [0.05, 0.1) is 25.5 Å². The lowest BCUT2D eigenvalue weighted by molar-refractivity contribution is -0.142. The van der Waals surface area contributed by atoms with E-state index in [4.69, 9.17) is 4.74 Å². The van der Waals surface area contributed by atoms with E-state index >= 15 is 0 Å². The molecule has 0 radical (unpaired) electrons. The van der Waals surface area contributed by atoms with E-state index in [-0.39, 0.29) is 31.0 Å². The molecule has 1 aromatic carbocycles. The number of hydrogen-bond donors (Lipinski definition) is 1. The van der Waals surface area contributed by atoms with Gasteiger partial charge in [0, 0.05) is 24.2 Å². The Balaban J connectivity index is 1.67. The van der Waals surface area contributed by atoms with E-state index in [0.717, 1.165) is 5.56 Å². The number of sulfonamides is 1. The highest BCUT2D eigenvalue weighted by Crippen LogP contribution is 2.34. The number of ether oxygens (including phenoxy) is 1. The number of nitrogens with zero attached hydrogens (tertiary/aromatic N) is 2.